The Morgan fingerprint density at radius 3 is 2.46 bits per heavy atom. The van der Waals surface area contributed by atoms with Crippen LogP contribution < -0.4 is 14.8 Å². The minimum atomic E-state index is -0.591. The van der Waals surface area contributed by atoms with Crippen molar-refractivity contribution in [3.8, 4) is 11.5 Å². The molecule has 1 saturated heterocycles. The highest BCUT2D eigenvalue weighted by Gasteiger charge is 2.26. The molecule has 1 N–H and O–H groups in total. The van der Waals surface area contributed by atoms with Gasteiger partial charge in [0, 0.05) is 31.8 Å². The van der Waals surface area contributed by atoms with Crippen molar-refractivity contribution < 1.29 is 23.5 Å². The second kappa shape index (κ2) is 7.37. The van der Waals surface area contributed by atoms with Crippen molar-refractivity contribution in [1.82, 2.24) is 15.1 Å². The SMILES string of the molecule is COc1cc(F)c(C(C)NC(=O)N2CCN(C)C(=O)C2)cc1OC. The fraction of sp³-hybridized carbons (Fsp3) is 0.500. The molecule has 1 aromatic carbocycles. The lowest BCUT2D eigenvalue weighted by Gasteiger charge is -2.32. The molecule has 1 heterocycles. The monoisotopic (exact) mass is 339 g/mol. The predicted octanol–water partition coefficient (Wildman–Crippen LogP) is 1.39. The maximum absolute atomic E-state index is 14.2. The Morgan fingerprint density at radius 1 is 1.25 bits per heavy atom. The number of benzene rings is 1. The van der Waals surface area contributed by atoms with Crippen LogP contribution >= 0.6 is 0 Å². The summed E-state index contributed by atoms with van der Waals surface area (Å²) < 4.78 is 24.5. The van der Waals surface area contributed by atoms with Gasteiger partial charge in [0.2, 0.25) is 5.91 Å². The van der Waals surface area contributed by atoms with Crippen LogP contribution in [0.5, 0.6) is 11.5 Å². The number of hydrogen-bond donors (Lipinski definition) is 1. The van der Waals surface area contributed by atoms with Crippen LogP contribution in [0.2, 0.25) is 0 Å². The number of piperazine rings is 1. The van der Waals surface area contributed by atoms with Crippen LogP contribution in [0.15, 0.2) is 12.1 Å². The molecule has 3 amide bonds. The highest BCUT2D eigenvalue weighted by Crippen LogP contribution is 2.32. The largest absolute Gasteiger partial charge is 0.493 e. The summed E-state index contributed by atoms with van der Waals surface area (Å²) in [5.74, 6) is 0.0305. The Labute approximate surface area is 140 Å². The molecule has 0 saturated carbocycles. The van der Waals surface area contributed by atoms with Gasteiger partial charge < -0.3 is 24.6 Å². The third kappa shape index (κ3) is 3.69. The second-order valence-corrected chi connectivity index (χ2v) is 5.64. The topological polar surface area (TPSA) is 71.1 Å². The van der Waals surface area contributed by atoms with E-state index in [4.69, 9.17) is 9.47 Å². The Kier molecular flexibility index (Phi) is 5.48. The number of rotatable bonds is 4. The lowest BCUT2D eigenvalue weighted by molar-refractivity contribution is -0.133. The van der Waals surface area contributed by atoms with E-state index in [9.17, 15) is 14.0 Å². The third-order valence-electron chi connectivity index (χ3n) is 4.05. The Balaban J connectivity index is 2.10. The zero-order valence-electron chi connectivity index (χ0n) is 14.3. The van der Waals surface area contributed by atoms with Gasteiger partial charge in [-0.1, -0.05) is 0 Å². The highest BCUT2D eigenvalue weighted by atomic mass is 19.1. The number of urea groups is 1. The summed E-state index contributed by atoms with van der Waals surface area (Å²) >= 11 is 0. The number of amides is 3. The number of carbonyl (C=O) groups is 2. The maximum atomic E-state index is 14.2. The standard InChI is InChI=1S/C16H22FN3O4/c1-10(11-7-13(23-3)14(24-4)8-12(11)17)18-16(22)20-6-5-19(2)15(21)9-20/h7-8,10H,5-6,9H2,1-4H3,(H,18,22). The van der Waals surface area contributed by atoms with Gasteiger partial charge in [0.25, 0.3) is 0 Å². The summed E-state index contributed by atoms with van der Waals surface area (Å²) in [6, 6.07) is 1.72. The molecule has 0 aromatic heterocycles. The van der Waals surface area contributed by atoms with Gasteiger partial charge in [-0.15, -0.1) is 0 Å². The normalized spacial score (nSPS) is 16.0. The smallest absolute Gasteiger partial charge is 0.318 e. The van der Waals surface area contributed by atoms with Crippen molar-refractivity contribution in [2.24, 2.45) is 0 Å². The lowest BCUT2D eigenvalue weighted by atomic mass is 10.1. The number of ether oxygens (including phenoxy) is 2. The van der Waals surface area contributed by atoms with E-state index in [1.54, 1.807) is 18.9 Å². The first-order valence-electron chi connectivity index (χ1n) is 7.58. The maximum Gasteiger partial charge on any atom is 0.318 e. The number of carbonyl (C=O) groups excluding carboxylic acids is 2. The average Bonchev–Trinajstić information content (AvgIpc) is 2.56. The molecule has 132 valence electrons. The van der Waals surface area contributed by atoms with Crippen molar-refractivity contribution in [3.05, 3.63) is 23.5 Å². The summed E-state index contributed by atoms with van der Waals surface area (Å²) in [7, 11) is 4.57. The number of halogens is 1. The minimum Gasteiger partial charge on any atom is -0.493 e. The molecule has 1 unspecified atom stereocenters. The summed E-state index contributed by atoms with van der Waals surface area (Å²) in [6.45, 7) is 2.60. The van der Waals surface area contributed by atoms with E-state index >= 15 is 0 Å². The Morgan fingerprint density at radius 2 is 1.88 bits per heavy atom. The zero-order chi connectivity index (χ0) is 17.9. The van der Waals surface area contributed by atoms with Crippen LogP contribution in [0, 0.1) is 5.82 Å². The van der Waals surface area contributed by atoms with E-state index in [0.717, 1.165) is 0 Å². The molecule has 1 aliphatic heterocycles. The van der Waals surface area contributed by atoms with E-state index in [-0.39, 0.29) is 23.8 Å². The average molecular weight is 339 g/mol. The molecular weight excluding hydrogens is 317 g/mol. The van der Waals surface area contributed by atoms with Crippen molar-refractivity contribution in [1.29, 1.82) is 0 Å². The van der Waals surface area contributed by atoms with E-state index in [2.05, 4.69) is 5.32 Å². The number of methoxy groups -OCH3 is 2. The van der Waals surface area contributed by atoms with Gasteiger partial charge in [-0.25, -0.2) is 9.18 Å². The first-order chi connectivity index (χ1) is 11.4. The van der Waals surface area contributed by atoms with Gasteiger partial charge in [-0.3, -0.25) is 4.79 Å². The van der Waals surface area contributed by atoms with Crippen molar-refractivity contribution in [2.45, 2.75) is 13.0 Å². The fourth-order valence-electron chi connectivity index (χ4n) is 2.49. The summed E-state index contributed by atoms with van der Waals surface area (Å²) in [5, 5.41) is 2.71. The zero-order valence-corrected chi connectivity index (χ0v) is 14.3. The summed E-state index contributed by atoms with van der Waals surface area (Å²) in [4.78, 5) is 27.0. The molecule has 0 aliphatic carbocycles. The fourth-order valence-corrected chi connectivity index (χ4v) is 2.49. The van der Waals surface area contributed by atoms with E-state index in [1.165, 1.54) is 31.3 Å². The third-order valence-corrected chi connectivity index (χ3v) is 4.05. The molecule has 2 rings (SSSR count). The first kappa shape index (κ1) is 17.8. The minimum absolute atomic E-state index is 0.0173. The van der Waals surface area contributed by atoms with E-state index in [1.807, 2.05) is 0 Å². The van der Waals surface area contributed by atoms with Gasteiger partial charge >= 0.3 is 6.03 Å². The van der Waals surface area contributed by atoms with Gasteiger partial charge in [0.05, 0.1) is 20.3 Å². The lowest BCUT2D eigenvalue weighted by Crippen LogP contribution is -2.53. The molecule has 1 fully saturated rings. The van der Waals surface area contributed by atoms with Crippen LogP contribution in [-0.4, -0.2) is 62.6 Å². The van der Waals surface area contributed by atoms with Crippen LogP contribution in [0.25, 0.3) is 0 Å². The van der Waals surface area contributed by atoms with Gasteiger partial charge in [0.15, 0.2) is 11.5 Å². The summed E-state index contributed by atoms with van der Waals surface area (Å²) in [5.41, 5.74) is 0.279. The number of nitrogens with one attached hydrogen (secondary N) is 1. The first-order valence-corrected chi connectivity index (χ1v) is 7.58. The van der Waals surface area contributed by atoms with Gasteiger partial charge in [-0.2, -0.15) is 0 Å². The Hall–Kier alpha value is -2.51. The van der Waals surface area contributed by atoms with Gasteiger partial charge in [0.1, 0.15) is 12.4 Å². The van der Waals surface area contributed by atoms with Crippen LogP contribution in [0.3, 0.4) is 0 Å². The molecule has 1 atom stereocenters. The summed E-state index contributed by atoms with van der Waals surface area (Å²) in [6.07, 6.45) is 0. The number of likely N-dealkylation sites (N-methyl/N-ethyl adjacent to an activating group) is 1. The molecule has 24 heavy (non-hydrogen) atoms. The molecular formula is C16H22FN3O4. The molecule has 0 radical (unpaired) electrons. The molecule has 1 aromatic rings. The molecule has 8 heteroatoms. The number of hydrogen-bond acceptors (Lipinski definition) is 4. The Bertz CT molecular complexity index is 638. The highest BCUT2D eigenvalue weighted by molar-refractivity contribution is 5.85. The predicted molar refractivity (Wildman–Crippen MR) is 85.7 cm³/mol. The molecule has 7 nitrogen and oxygen atoms in total. The molecule has 0 bridgehead atoms. The van der Waals surface area contributed by atoms with Crippen molar-refractivity contribution in [3.63, 3.8) is 0 Å². The van der Waals surface area contributed by atoms with Crippen LogP contribution in [0.4, 0.5) is 9.18 Å². The second-order valence-electron chi connectivity index (χ2n) is 5.64. The van der Waals surface area contributed by atoms with Crippen LogP contribution in [0.1, 0.15) is 18.5 Å². The van der Waals surface area contributed by atoms with Gasteiger partial charge in [-0.05, 0) is 13.0 Å². The van der Waals surface area contributed by atoms with E-state index in [0.29, 0.717) is 18.8 Å². The van der Waals surface area contributed by atoms with Crippen molar-refractivity contribution >= 4 is 11.9 Å². The van der Waals surface area contributed by atoms with E-state index < -0.39 is 17.9 Å². The molecule has 0 spiro atoms. The van der Waals surface area contributed by atoms with Crippen LogP contribution in [-0.2, 0) is 4.79 Å². The van der Waals surface area contributed by atoms with Crippen molar-refractivity contribution in [2.75, 3.05) is 40.9 Å². The molecule has 1 aliphatic rings. The quantitative estimate of drug-likeness (QED) is 0.900. The number of nitrogens with zero attached hydrogens (tertiary/aromatic N) is 2.